The van der Waals surface area contributed by atoms with Crippen molar-refractivity contribution in [2.75, 3.05) is 7.05 Å². The van der Waals surface area contributed by atoms with Crippen molar-refractivity contribution in [3.8, 4) is 11.5 Å². The molecule has 0 aliphatic rings. The molecule has 0 atom stereocenters. The zero-order valence-corrected chi connectivity index (χ0v) is 17.8. The molecule has 0 aliphatic carbocycles. The highest BCUT2D eigenvalue weighted by Gasteiger charge is 2.24. The molecule has 1 heterocycles. The smallest absolute Gasteiger partial charge is 0.283 e. The lowest BCUT2D eigenvalue weighted by atomic mass is 9.87. The largest absolute Gasteiger partial charge is 0.419 e. The molecule has 1 amide bonds. The highest BCUT2D eigenvalue weighted by Crippen LogP contribution is 2.27. The van der Waals surface area contributed by atoms with Crippen LogP contribution in [0.3, 0.4) is 0 Å². The predicted octanol–water partition coefficient (Wildman–Crippen LogP) is 4.87. The lowest BCUT2D eigenvalue weighted by Gasteiger charge is -2.18. The fourth-order valence-corrected chi connectivity index (χ4v) is 3.03. The van der Waals surface area contributed by atoms with E-state index in [0.717, 1.165) is 11.6 Å². The highest BCUT2D eigenvalue weighted by atomic mass is 35.5. The fraction of sp³-hybridized carbons (Fsp3) is 0.286. The van der Waals surface area contributed by atoms with Gasteiger partial charge in [0.25, 0.3) is 11.6 Å². The number of carbonyl (C=O) groups excluding carboxylic acids is 1. The number of nitrogens with zero attached hydrogens (tertiary/aromatic N) is 4. The molecule has 0 unspecified atom stereocenters. The molecule has 0 N–H and O–H groups in total. The standard InChI is InChI=1S/C21H21ClN4O4/c1-21(2,3)14-7-5-13(6-8-14)19-24-23-18(30-19)12-25(4)20(27)16-10-9-15(22)11-17(16)26(28)29/h5-11H,12H2,1-4H3. The van der Waals surface area contributed by atoms with E-state index in [2.05, 4.69) is 31.0 Å². The van der Waals surface area contributed by atoms with Crippen LogP contribution < -0.4 is 0 Å². The van der Waals surface area contributed by atoms with E-state index in [4.69, 9.17) is 16.0 Å². The van der Waals surface area contributed by atoms with E-state index >= 15 is 0 Å². The van der Waals surface area contributed by atoms with Crippen LogP contribution in [0.25, 0.3) is 11.5 Å². The summed E-state index contributed by atoms with van der Waals surface area (Å²) < 4.78 is 5.68. The van der Waals surface area contributed by atoms with Crippen molar-refractivity contribution in [3.05, 3.63) is 74.6 Å². The van der Waals surface area contributed by atoms with Gasteiger partial charge in [-0.05, 0) is 35.2 Å². The number of rotatable bonds is 5. The summed E-state index contributed by atoms with van der Waals surface area (Å²) in [7, 11) is 1.50. The monoisotopic (exact) mass is 428 g/mol. The van der Waals surface area contributed by atoms with Crippen molar-refractivity contribution in [2.24, 2.45) is 0 Å². The summed E-state index contributed by atoms with van der Waals surface area (Å²) >= 11 is 5.81. The van der Waals surface area contributed by atoms with Gasteiger partial charge in [0.2, 0.25) is 11.8 Å². The average Bonchev–Trinajstić information content (AvgIpc) is 3.15. The number of hydrogen-bond acceptors (Lipinski definition) is 6. The Morgan fingerprint density at radius 1 is 1.17 bits per heavy atom. The minimum atomic E-state index is -0.640. The maximum absolute atomic E-state index is 12.7. The van der Waals surface area contributed by atoms with Crippen LogP contribution in [-0.2, 0) is 12.0 Å². The molecule has 0 fully saturated rings. The van der Waals surface area contributed by atoms with Crippen LogP contribution in [0.4, 0.5) is 5.69 Å². The van der Waals surface area contributed by atoms with Gasteiger partial charge in [-0.2, -0.15) is 0 Å². The fourth-order valence-electron chi connectivity index (χ4n) is 2.86. The topological polar surface area (TPSA) is 102 Å². The second-order valence-electron chi connectivity index (χ2n) is 7.91. The van der Waals surface area contributed by atoms with Crippen molar-refractivity contribution in [2.45, 2.75) is 32.7 Å². The number of benzene rings is 2. The van der Waals surface area contributed by atoms with E-state index in [9.17, 15) is 14.9 Å². The lowest BCUT2D eigenvalue weighted by Crippen LogP contribution is -2.27. The third kappa shape index (κ3) is 4.65. The molecule has 3 rings (SSSR count). The van der Waals surface area contributed by atoms with Gasteiger partial charge in [0, 0.05) is 23.7 Å². The Labute approximate surface area is 178 Å². The molecule has 3 aromatic rings. The minimum absolute atomic E-state index is 0.00564. The molecule has 0 aliphatic heterocycles. The number of aromatic nitrogens is 2. The molecule has 8 nitrogen and oxygen atoms in total. The summed E-state index contributed by atoms with van der Waals surface area (Å²) in [6, 6.07) is 11.7. The summed E-state index contributed by atoms with van der Waals surface area (Å²) in [5, 5.41) is 19.4. The molecule has 156 valence electrons. The van der Waals surface area contributed by atoms with Crippen LogP contribution in [-0.4, -0.2) is 33.0 Å². The molecule has 1 aromatic heterocycles. The predicted molar refractivity (Wildman–Crippen MR) is 112 cm³/mol. The van der Waals surface area contributed by atoms with E-state index in [1.165, 1.54) is 29.6 Å². The van der Waals surface area contributed by atoms with Gasteiger partial charge >= 0.3 is 0 Å². The highest BCUT2D eigenvalue weighted by molar-refractivity contribution is 6.31. The first-order valence-electron chi connectivity index (χ1n) is 9.19. The molecular formula is C21H21ClN4O4. The van der Waals surface area contributed by atoms with Crippen LogP contribution in [0.2, 0.25) is 5.02 Å². The zero-order valence-electron chi connectivity index (χ0n) is 17.0. The molecule has 0 saturated carbocycles. The van der Waals surface area contributed by atoms with Crippen LogP contribution in [0.1, 0.15) is 42.6 Å². The number of halogens is 1. The molecule has 0 bridgehead atoms. The van der Waals surface area contributed by atoms with E-state index in [1.54, 1.807) is 0 Å². The number of nitro benzene ring substituents is 1. The third-order valence-electron chi connectivity index (χ3n) is 4.57. The van der Waals surface area contributed by atoms with E-state index < -0.39 is 10.8 Å². The quantitative estimate of drug-likeness (QED) is 0.424. The maximum Gasteiger partial charge on any atom is 0.283 e. The van der Waals surface area contributed by atoms with Gasteiger partial charge in [0.1, 0.15) is 5.56 Å². The van der Waals surface area contributed by atoms with Crippen LogP contribution in [0, 0.1) is 10.1 Å². The van der Waals surface area contributed by atoms with E-state index in [-0.39, 0.29) is 34.1 Å². The van der Waals surface area contributed by atoms with Gasteiger partial charge in [-0.25, -0.2) is 0 Å². The Balaban J connectivity index is 1.76. The summed E-state index contributed by atoms with van der Waals surface area (Å²) in [5.74, 6) is 0.00814. The summed E-state index contributed by atoms with van der Waals surface area (Å²) in [4.78, 5) is 24.6. The number of amides is 1. The second kappa shape index (κ2) is 8.23. The molecule has 0 spiro atoms. The summed E-state index contributed by atoms with van der Waals surface area (Å²) in [6.45, 7) is 6.39. The first kappa shape index (κ1) is 21.4. The number of carbonyl (C=O) groups is 1. The molecule has 30 heavy (non-hydrogen) atoms. The van der Waals surface area contributed by atoms with Crippen molar-refractivity contribution in [1.82, 2.24) is 15.1 Å². The molecule has 0 radical (unpaired) electrons. The second-order valence-corrected chi connectivity index (χ2v) is 8.34. The minimum Gasteiger partial charge on any atom is -0.419 e. The van der Waals surface area contributed by atoms with E-state index in [0.29, 0.717) is 5.89 Å². The van der Waals surface area contributed by atoms with Crippen molar-refractivity contribution < 1.29 is 14.1 Å². The number of nitro groups is 1. The van der Waals surface area contributed by atoms with E-state index in [1.807, 2.05) is 24.3 Å². The Bertz CT molecular complexity index is 1090. The van der Waals surface area contributed by atoms with Crippen molar-refractivity contribution in [3.63, 3.8) is 0 Å². The van der Waals surface area contributed by atoms with Gasteiger partial charge < -0.3 is 9.32 Å². The first-order chi connectivity index (χ1) is 14.1. The molecular weight excluding hydrogens is 408 g/mol. The molecule has 2 aromatic carbocycles. The Kier molecular flexibility index (Phi) is 5.89. The van der Waals surface area contributed by atoms with Crippen LogP contribution >= 0.6 is 11.6 Å². The first-order valence-corrected chi connectivity index (χ1v) is 9.57. The number of hydrogen-bond donors (Lipinski definition) is 0. The normalized spacial score (nSPS) is 11.4. The van der Waals surface area contributed by atoms with Crippen LogP contribution in [0.5, 0.6) is 0 Å². The maximum atomic E-state index is 12.7. The van der Waals surface area contributed by atoms with Crippen molar-refractivity contribution >= 4 is 23.2 Å². The zero-order chi connectivity index (χ0) is 22.1. The average molecular weight is 429 g/mol. The van der Waals surface area contributed by atoms with Gasteiger partial charge in [0.15, 0.2) is 0 Å². The SMILES string of the molecule is CN(Cc1nnc(-c2ccc(C(C)(C)C)cc2)o1)C(=O)c1ccc(Cl)cc1[N+](=O)[O-]. The molecule has 0 saturated heterocycles. The molecule has 9 heteroatoms. The summed E-state index contributed by atoms with van der Waals surface area (Å²) in [6.07, 6.45) is 0. The van der Waals surface area contributed by atoms with Gasteiger partial charge in [-0.15, -0.1) is 10.2 Å². The van der Waals surface area contributed by atoms with Crippen LogP contribution in [0.15, 0.2) is 46.9 Å². The van der Waals surface area contributed by atoms with Crippen molar-refractivity contribution in [1.29, 1.82) is 0 Å². The lowest BCUT2D eigenvalue weighted by molar-refractivity contribution is -0.385. The van der Waals surface area contributed by atoms with Gasteiger partial charge in [-0.1, -0.05) is 44.5 Å². The Morgan fingerprint density at radius 3 is 2.43 bits per heavy atom. The van der Waals surface area contributed by atoms with Gasteiger partial charge in [0.05, 0.1) is 11.5 Å². The third-order valence-corrected chi connectivity index (χ3v) is 4.81. The Hall–Kier alpha value is -3.26. The van der Waals surface area contributed by atoms with Gasteiger partial charge in [-0.3, -0.25) is 14.9 Å². The Morgan fingerprint density at radius 2 is 1.83 bits per heavy atom. The summed E-state index contributed by atoms with van der Waals surface area (Å²) in [5.41, 5.74) is 1.56.